The third-order valence-corrected chi connectivity index (χ3v) is 8.57. The van der Waals surface area contributed by atoms with Crippen LogP contribution in [0.1, 0.15) is 45.4 Å². The molecule has 0 spiro atoms. The van der Waals surface area contributed by atoms with Crippen molar-refractivity contribution in [3.8, 4) is 0 Å². The summed E-state index contributed by atoms with van der Waals surface area (Å²) in [5.41, 5.74) is 2.10. The minimum Gasteiger partial charge on any atom is -0.393 e. The van der Waals surface area contributed by atoms with Crippen molar-refractivity contribution in [2.45, 2.75) is 69.0 Å². The van der Waals surface area contributed by atoms with E-state index in [-0.39, 0.29) is 12.1 Å². The number of nitrogens with one attached hydrogen (secondary N) is 2. The van der Waals surface area contributed by atoms with Crippen molar-refractivity contribution in [1.82, 2.24) is 23.8 Å². The zero-order chi connectivity index (χ0) is 23.7. The monoisotopic (exact) mass is 485 g/mol. The molecule has 3 N–H and O–H groups in total. The average molecular weight is 486 g/mol. The van der Waals surface area contributed by atoms with Crippen LogP contribution in [0, 0.1) is 0 Å². The summed E-state index contributed by atoms with van der Waals surface area (Å²) in [5.74, 6) is 1.07. The lowest BCUT2D eigenvalue weighted by Gasteiger charge is -2.26. The number of rotatable bonds is 7. The first-order valence-electron chi connectivity index (χ1n) is 12.0. The van der Waals surface area contributed by atoms with Crippen LogP contribution in [0.2, 0.25) is 0 Å². The summed E-state index contributed by atoms with van der Waals surface area (Å²) >= 11 is 0. The molecule has 0 atom stereocenters. The van der Waals surface area contributed by atoms with Gasteiger partial charge in [-0.25, -0.2) is 13.4 Å². The molecule has 34 heavy (non-hydrogen) atoms. The molecule has 3 aromatic rings. The fraction of sp³-hybridized carbons (Fsp3) is 0.522. The van der Waals surface area contributed by atoms with Crippen molar-refractivity contribution in [2.75, 3.05) is 23.7 Å². The van der Waals surface area contributed by atoms with Gasteiger partial charge in [-0.2, -0.15) is 14.3 Å². The van der Waals surface area contributed by atoms with Crippen molar-refractivity contribution in [3.05, 3.63) is 30.6 Å². The number of hydrogen-bond acceptors (Lipinski definition) is 8. The maximum Gasteiger partial charge on any atom is 0.243 e. The molecule has 1 saturated carbocycles. The lowest BCUT2D eigenvalue weighted by Crippen LogP contribution is -2.29. The fourth-order valence-electron chi connectivity index (χ4n) is 4.65. The van der Waals surface area contributed by atoms with Gasteiger partial charge in [-0.3, -0.25) is 0 Å². The molecule has 1 aliphatic carbocycles. The number of hydrogen-bond donors (Lipinski definition) is 3. The SMILES string of the molecule is CCn1cnc2c(Nc3ccc(S(=O)(=O)N4CCCC4)cc3)nc(N[C@H]3CC[C@H](O)CC3)nc21. The average Bonchev–Trinajstić information content (AvgIpc) is 3.52. The Morgan fingerprint density at radius 1 is 1.06 bits per heavy atom. The third-order valence-electron chi connectivity index (χ3n) is 6.65. The zero-order valence-corrected chi connectivity index (χ0v) is 20.1. The van der Waals surface area contributed by atoms with Crippen molar-refractivity contribution in [3.63, 3.8) is 0 Å². The van der Waals surface area contributed by atoms with Crippen LogP contribution < -0.4 is 10.6 Å². The van der Waals surface area contributed by atoms with E-state index >= 15 is 0 Å². The maximum atomic E-state index is 12.8. The smallest absolute Gasteiger partial charge is 0.243 e. The Morgan fingerprint density at radius 2 is 1.76 bits per heavy atom. The lowest BCUT2D eigenvalue weighted by molar-refractivity contribution is 0.126. The van der Waals surface area contributed by atoms with Crippen LogP contribution in [-0.2, 0) is 16.6 Å². The Labute approximate surface area is 199 Å². The highest BCUT2D eigenvalue weighted by molar-refractivity contribution is 7.89. The molecule has 1 aromatic carbocycles. The van der Waals surface area contributed by atoms with Gasteiger partial charge in [-0.05, 0) is 69.7 Å². The molecule has 182 valence electrons. The Morgan fingerprint density at radius 3 is 2.44 bits per heavy atom. The summed E-state index contributed by atoms with van der Waals surface area (Å²) < 4.78 is 29.1. The molecule has 0 radical (unpaired) electrons. The van der Waals surface area contributed by atoms with Crippen LogP contribution in [-0.4, -0.2) is 62.6 Å². The Bertz CT molecular complexity index is 1250. The van der Waals surface area contributed by atoms with E-state index in [0.717, 1.165) is 56.4 Å². The molecule has 1 aliphatic heterocycles. The van der Waals surface area contributed by atoms with Gasteiger partial charge in [0.05, 0.1) is 17.3 Å². The molecule has 1 saturated heterocycles. The largest absolute Gasteiger partial charge is 0.393 e. The van der Waals surface area contributed by atoms with Gasteiger partial charge in [0.25, 0.3) is 0 Å². The van der Waals surface area contributed by atoms with E-state index in [4.69, 9.17) is 9.97 Å². The summed E-state index contributed by atoms with van der Waals surface area (Å²) in [5, 5.41) is 16.5. The first kappa shape index (κ1) is 23.0. The molecule has 0 amide bonds. The molecular weight excluding hydrogens is 454 g/mol. The van der Waals surface area contributed by atoms with E-state index in [1.807, 2.05) is 11.5 Å². The highest BCUT2D eigenvalue weighted by Crippen LogP contribution is 2.28. The van der Waals surface area contributed by atoms with E-state index < -0.39 is 10.0 Å². The van der Waals surface area contributed by atoms with E-state index in [2.05, 4.69) is 15.6 Å². The number of aryl methyl sites for hydroxylation is 1. The topological polar surface area (TPSA) is 125 Å². The number of nitrogens with zero attached hydrogens (tertiary/aromatic N) is 5. The summed E-state index contributed by atoms with van der Waals surface area (Å²) in [7, 11) is -3.45. The van der Waals surface area contributed by atoms with Crippen LogP contribution in [0.5, 0.6) is 0 Å². The number of aliphatic hydroxyl groups is 1. The molecule has 0 bridgehead atoms. The molecular formula is C23H31N7O3S. The van der Waals surface area contributed by atoms with E-state index in [0.29, 0.717) is 35.3 Å². The Hall–Kier alpha value is -2.76. The molecule has 5 rings (SSSR count). The van der Waals surface area contributed by atoms with Gasteiger partial charge in [-0.15, -0.1) is 0 Å². The summed E-state index contributed by atoms with van der Waals surface area (Å²) in [6, 6.07) is 6.98. The summed E-state index contributed by atoms with van der Waals surface area (Å²) in [4.78, 5) is 14.2. The second-order valence-electron chi connectivity index (χ2n) is 9.01. The number of aromatic nitrogens is 4. The summed E-state index contributed by atoms with van der Waals surface area (Å²) in [6.07, 6.45) is 6.61. The van der Waals surface area contributed by atoms with Gasteiger partial charge in [0.15, 0.2) is 17.0 Å². The quantitative estimate of drug-likeness (QED) is 0.466. The number of imidazole rings is 1. The normalized spacial score (nSPS) is 21.7. The molecule has 3 heterocycles. The van der Waals surface area contributed by atoms with Crippen molar-refractivity contribution in [2.24, 2.45) is 0 Å². The van der Waals surface area contributed by atoms with Gasteiger partial charge in [0.2, 0.25) is 16.0 Å². The number of sulfonamides is 1. The molecule has 2 aliphatic rings. The Balaban J connectivity index is 1.40. The predicted molar refractivity (Wildman–Crippen MR) is 131 cm³/mol. The second kappa shape index (κ2) is 9.47. The van der Waals surface area contributed by atoms with Crippen LogP contribution in [0.3, 0.4) is 0 Å². The lowest BCUT2D eigenvalue weighted by atomic mass is 9.93. The first-order valence-corrected chi connectivity index (χ1v) is 13.4. The van der Waals surface area contributed by atoms with Gasteiger partial charge >= 0.3 is 0 Å². The predicted octanol–water partition coefficient (Wildman–Crippen LogP) is 3.09. The number of aliphatic hydroxyl groups excluding tert-OH is 1. The van der Waals surface area contributed by atoms with Gasteiger partial charge in [0.1, 0.15) is 0 Å². The zero-order valence-electron chi connectivity index (χ0n) is 19.3. The van der Waals surface area contributed by atoms with Crippen LogP contribution in [0.15, 0.2) is 35.5 Å². The van der Waals surface area contributed by atoms with E-state index in [1.54, 1.807) is 34.9 Å². The van der Waals surface area contributed by atoms with Crippen LogP contribution in [0.4, 0.5) is 17.5 Å². The minimum absolute atomic E-state index is 0.210. The van der Waals surface area contributed by atoms with Crippen LogP contribution in [0.25, 0.3) is 11.2 Å². The number of anilines is 3. The van der Waals surface area contributed by atoms with Crippen molar-refractivity contribution < 1.29 is 13.5 Å². The van der Waals surface area contributed by atoms with Crippen LogP contribution >= 0.6 is 0 Å². The van der Waals surface area contributed by atoms with Crippen molar-refractivity contribution in [1.29, 1.82) is 0 Å². The molecule has 11 heteroatoms. The molecule has 2 fully saturated rings. The minimum atomic E-state index is -3.45. The highest BCUT2D eigenvalue weighted by atomic mass is 32.2. The maximum absolute atomic E-state index is 12.8. The van der Waals surface area contributed by atoms with Gasteiger partial charge in [0, 0.05) is 31.4 Å². The number of benzene rings is 1. The van der Waals surface area contributed by atoms with E-state index in [1.165, 1.54) is 0 Å². The van der Waals surface area contributed by atoms with Gasteiger partial charge in [-0.1, -0.05) is 0 Å². The highest BCUT2D eigenvalue weighted by Gasteiger charge is 2.27. The molecule has 0 unspecified atom stereocenters. The fourth-order valence-corrected chi connectivity index (χ4v) is 6.17. The molecule has 10 nitrogen and oxygen atoms in total. The summed E-state index contributed by atoms with van der Waals surface area (Å²) in [6.45, 7) is 3.92. The second-order valence-corrected chi connectivity index (χ2v) is 10.9. The van der Waals surface area contributed by atoms with Gasteiger partial charge < -0.3 is 20.3 Å². The Kier molecular flexibility index (Phi) is 6.41. The standard InChI is InChI=1S/C23H31N7O3S/c1-2-29-15-24-20-21(27-23(28-22(20)29)26-17-5-9-18(31)10-6-17)25-16-7-11-19(12-8-16)34(32,33)30-13-3-4-14-30/h7-8,11-12,15,17-18,31H,2-6,9-10,13-14H2,1H3,(H2,25,26,27,28)/t17-,18-. The first-order chi connectivity index (χ1) is 16.4. The number of fused-ring (bicyclic) bond motifs is 1. The van der Waals surface area contributed by atoms with Crippen molar-refractivity contribution >= 4 is 38.6 Å². The molecule has 2 aromatic heterocycles. The third kappa shape index (κ3) is 4.59. The van der Waals surface area contributed by atoms with E-state index in [9.17, 15) is 13.5 Å².